The normalized spacial score (nSPS) is 11.2. The fourth-order valence-corrected chi connectivity index (χ4v) is 1.42. The molecule has 0 aliphatic rings. The summed E-state index contributed by atoms with van der Waals surface area (Å²) in [5.74, 6) is -0.720. The highest BCUT2D eigenvalue weighted by molar-refractivity contribution is 14.1. The Morgan fingerprint density at radius 1 is 1.44 bits per heavy atom. The van der Waals surface area contributed by atoms with Gasteiger partial charge in [-0.2, -0.15) is 13.2 Å². The quantitative estimate of drug-likeness (QED) is 0.855. The van der Waals surface area contributed by atoms with Crippen LogP contribution in [0.15, 0.2) is 18.2 Å². The first-order valence-electron chi connectivity index (χ1n) is 4.08. The Bertz CT molecular complexity index is 406. The van der Waals surface area contributed by atoms with Crippen molar-refractivity contribution in [2.45, 2.75) is 6.18 Å². The van der Waals surface area contributed by atoms with Crippen molar-refractivity contribution >= 4 is 28.5 Å². The van der Waals surface area contributed by atoms with E-state index in [4.69, 9.17) is 5.73 Å². The first-order valence-corrected chi connectivity index (χ1v) is 5.16. The van der Waals surface area contributed by atoms with Gasteiger partial charge in [0.2, 0.25) is 5.91 Å². The smallest absolute Gasteiger partial charge is 0.422 e. The number of amides is 1. The number of carbonyl (C=O) groups excluding carboxylic acids is 1. The van der Waals surface area contributed by atoms with E-state index in [1.54, 1.807) is 0 Å². The average Bonchev–Trinajstić information content (AvgIpc) is 2.14. The number of hydrogen-bond acceptors (Lipinski definition) is 2. The van der Waals surface area contributed by atoms with Gasteiger partial charge in [-0.15, -0.1) is 0 Å². The molecule has 0 aliphatic carbocycles. The molecule has 0 radical (unpaired) electrons. The predicted octanol–water partition coefficient (Wildman–Crippen LogP) is 2.33. The first-order chi connectivity index (χ1) is 7.29. The van der Waals surface area contributed by atoms with Gasteiger partial charge in [0.25, 0.3) is 0 Å². The number of hydrogen-bond donors (Lipinski definition) is 1. The van der Waals surface area contributed by atoms with Crippen molar-refractivity contribution in [2.24, 2.45) is 5.73 Å². The van der Waals surface area contributed by atoms with Gasteiger partial charge in [-0.1, -0.05) is 0 Å². The van der Waals surface area contributed by atoms with Crippen LogP contribution < -0.4 is 10.5 Å². The number of benzene rings is 1. The van der Waals surface area contributed by atoms with Crippen LogP contribution >= 0.6 is 22.6 Å². The molecule has 0 saturated heterocycles. The van der Waals surface area contributed by atoms with Crippen LogP contribution in [-0.4, -0.2) is 18.7 Å². The predicted molar refractivity (Wildman–Crippen MR) is 59.2 cm³/mol. The molecule has 0 spiro atoms. The van der Waals surface area contributed by atoms with E-state index in [1.807, 2.05) is 22.6 Å². The standard InChI is InChI=1S/C9H7F3INO2/c10-9(11,12)4-16-7-3-5(8(14)15)1-2-6(7)13/h1-3H,4H2,(H2,14,15). The summed E-state index contributed by atoms with van der Waals surface area (Å²) in [7, 11) is 0. The lowest BCUT2D eigenvalue weighted by molar-refractivity contribution is -0.153. The maximum Gasteiger partial charge on any atom is 0.422 e. The molecule has 0 heterocycles. The largest absolute Gasteiger partial charge is 0.483 e. The molecule has 1 rings (SSSR count). The number of halogens is 4. The van der Waals surface area contributed by atoms with Crippen LogP contribution in [0.4, 0.5) is 13.2 Å². The molecule has 0 bridgehead atoms. The van der Waals surface area contributed by atoms with Gasteiger partial charge in [0, 0.05) is 5.56 Å². The topological polar surface area (TPSA) is 52.3 Å². The van der Waals surface area contributed by atoms with Gasteiger partial charge in [-0.05, 0) is 40.8 Å². The SMILES string of the molecule is NC(=O)c1ccc(I)c(OCC(F)(F)F)c1. The molecule has 0 unspecified atom stereocenters. The van der Waals surface area contributed by atoms with Crippen molar-refractivity contribution in [1.29, 1.82) is 0 Å². The summed E-state index contributed by atoms with van der Waals surface area (Å²) in [4.78, 5) is 10.8. The van der Waals surface area contributed by atoms with Gasteiger partial charge in [0.1, 0.15) is 5.75 Å². The Morgan fingerprint density at radius 2 is 2.06 bits per heavy atom. The summed E-state index contributed by atoms with van der Waals surface area (Å²) in [6, 6.07) is 4.08. The summed E-state index contributed by atoms with van der Waals surface area (Å²) in [6.07, 6.45) is -4.41. The molecule has 88 valence electrons. The molecule has 0 saturated carbocycles. The second-order valence-electron chi connectivity index (χ2n) is 2.91. The van der Waals surface area contributed by atoms with Gasteiger partial charge in [0.15, 0.2) is 6.61 Å². The monoisotopic (exact) mass is 345 g/mol. The second-order valence-corrected chi connectivity index (χ2v) is 4.08. The van der Waals surface area contributed by atoms with Crippen molar-refractivity contribution in [3.8, 4) is 5.75 Å². The third-order valence-corrected chi connectivity index (χ3v) is 2.50. The summed E-state index contributed by atoms with van der Waals surface area (Å²) >= 11 is 1.81. The van der Waals surface area contributed by atoms with E-state index in [2.05, 4.69) is 4.74 Å². The molecule has 0 atom stereocenters. The molecule has 7 heteroatoms. The third-order valence-electron chi connectivity index (χ3n) is 1.61. The van der Waals surface area contributed by atoms with E-state index < -0.39 is 18.7 Å². The highest BCUT2D eigenvalue weighted by Gasteiger charge is 2.28. The number of rotatable bonds is 3. The van der Waals surface area contributed by atoms with Crippen molar-refractivity contribution in [1.82, 2.24) is 0 Å². The molecular formula is C9H7F3INO2. The van der Waals surface area contributed by atoms with E-state index in [-0.39, 0.29) is 11.3 Å². The summed E-state index contributed by atoms with van der Waals surface area (Å²) in [6.45, 7) is -1.40. The lowest BCUT2D eigenvalue weighted by atomic mass is 10.2. The van der Waals surface area contributed by atoms with Gasteiger partial charge in [0.05, 0.1) is 3.57 Å². The molecule has 0 aromatic heterocycles. The summed E-state index contributed by atoms with van der Waals surface area (Å²) in [5.41, 5.74) is 5.10. The molecular weight excluding hydrogens is 338 g/mol. The van der Waals surface area contributed by atoms with E-state index in [0.29, 0.717) is 3.57 Å². The molecule has 0 aliphatic heterocycles. The Labute approximate surface area is 103 Å². The Hall–Kier alpha value is -0.990. The molecule has 1 aromatic rings. The molecule has 2 N–H and O–H groups in total. The van der Waals surface area contributed by atoms with Crippen LogP contribution in [0.2, 0.25) is 0 Å². The number of primary amides is 1. The zero-order valence-corrected chi connectivity index (χ0v) is 10.0. The zero-order chi connectivity index (χ0) is 12.3. The Balaban J connectivity index is 2.86. The minimum atomic E-state index is -4.41. The number of nitrogens with two attached hydrogens (primary N) is 1. The maximum atomic E-state index is 11.9. The minimum absolute atomic E-state index is 0.00535. The van der Waals surface area contributed by atoms with E-state index in [9.17, 15) is 18.0 Å². The highest BCUT2D eigenvalue weighted by atomic mass is 127. The summed E-state index contributed by atoms with van der Waals surface area (Å²) in [5, 5.41) is 0. The van der Waals surface area contributed by atoms with Gasteiger partial charge < -0.3 is 10.5 Å². The van der Waals surface area contributed by atoms with Crippen molar-refractivity contribution in [2.75, 3.05) is 6.61 Å². The van der Waals surface area contributed by atoms with Crippen LogP contribution in [0, 0.1) is 3.57 Å². The Kier molecular flexibility index (Phi) is 4.00. The lowest BCUT2D eigenvalue weighted by Gasteiger charge is -2.11. The third kappa shape index (κ3) is 3.87. The molecule has 16 heavy (non-hydrogen) atoms. The van der Waals surface area contributed by atoms with Gasteiger partial charge >= 0.3 is 6.18 Å². The number of alkyl halides is 3. The van der Waals surface area contributed by atoms with E-state index in [0.717, 1.165) is 0 Å². The van der Waals surface area contributed by atoms with Gasteiger partial charge in [-0.3, -0.25) is 4.79 Å². The molecule has 1 amide bonds. The van der Waals surface area contributed by atoms with Crippen LogP contribution in [0.1, 0.15) is 10.4 Å². The highest BCUT2D eigenvalue weighted by Crippen LogP contribution is 2.24. The van der Waals surface area contributed by atoms with E-state index >= 15 is 0 Å². The first kappa shape index (κ1) is 13.1. The zero-order valence-electron chi connectivity index (χ0n) is 7.84. The fraction of sp³-hybridized carbons (Fsp3) is 0.222. The Morgan fingerprint density at radius 3 is 2.56 bits per heavy atom. The number of carbonyl (C=O) groups is 1. The summed E-state index contributed by atoms with van der Waals surface area (Å²) < 4.78 is 40.8. The number of ether oxygens (including phenoxy) is 1. The fourth-order valence-electron chi connectivity index (χ4n) is 0.927. The van der Waals surface area contributed by atoms with Crippen LogP contribution in [0.25, 0.3) is 0 Å². The molecule has 1 aromatic carbocycles. The maximum absolute atomic E-state index is 11.9. The van der Waals surface area contributed by atoms with Crippen LogP contribution in [0.3, 0.4) is 0 Å². The van der Waals surface area contributed by atoms with Crippen molar-refractivity contribution < 1.29 is 22.7 Å². The molecule has 3 nitrogen and oxygen atoms in total. The van der Waals surface area contributed by atoms with Crippen molar-refractivity contribution in [3.05, 3.63) is 27.3 Å². The van der Waals surface area contributed by atoms with E-state index in [1.165, 1.54) is 18.2 Å². The molecule has 0 fully saturated rings. The second kappa shape index (κ2) is 4.89. The lowest BCUT2D eigenvalue weighted by Crippen LogP contribution is -2.20. The van der Waals surface area contributed by atoms with Gasteiger partial charge in [-0.25, -0.2) is 0 Å². The van der Waals surface area contributed by atoms with Crippen LogP contribution in [-0.2, 0) is 0 Å². The minimum Gasteiger partial charge on any atom is -0.483 e. The van der Waals surface area contributed by atoms with Crippen LogP contribution in [0.5, 0.6) is 5.75 Å². The average molecular weight is 345 g/mol. The van der Waals surface area contributed by atoms with Crippen molar-refractivity contribution in [3.63, 3.8) is 0 Å².